The van der Waals surface area contributed by atoms with Crippen LogP contribution >= 0.6 is 23.2 Å². The van der Waals surface area contributed by atoms with Gasteiger partial charge in [-0.1, -0.05) is 47.0 Å². The van der Waals surface area contributed by atoms with E-state index >= 15 is 0 Å². The largest absolute Gasteiger partial charge is 0.322 e. The van der Waals surface area contributed by atoms with Crippen molar-refractivity contribution in [3.8, 4) is 0 Å². The Morgan fingerprint density at radius 3 is 2.56 bits per heavy atom. The predicted octanol–water partition coefficient (Wildman–Crippen LogP) is 5.07. The zero-order chi connectivity index (χ0) is 19.6. The van der Waals surface area contributed by atoms with E-state index < -0.39 is 5.91 Å². The van der Waals surface area contributed by atoms with E-state index in [0.29, 0.717) is 15.7 Å². The van der Waals surface area contributed by atoms with Crippen molar-refractivity contribution < 1.29 is 4.79 Å². The summed E-state index contributed by atoms with van der Waals surface area (Å²) in [6.07, 6.45) is 1.63. The average molecular weight is 401 g/mol. The van der Waals surface area contributed by atoms with E-state index in [2.05, 4.69) is 5.32 Å². The Bertz CT molecular complexity index is 1070. The zero-order valence-corrected chi connectivity index (χ0v) is 16.4. The van der Waals surface area contributed by atoms with E-state index in [1.807, 2.05) is 32.0 Å². The number of benzene rings is 2. The van der Waals surface area contributed by atoms with Crippen LogP contribution in [0.5, 0.6) is 0 Å². The quantitative estimate of drug-likeness (QED) is 0.664. The highest BCUT2D eigenvalue weighted by atomic mass is 35.5. The molecule has 4 nitrogen and oxygen atoms in total. The normalized spacial score (nSPS) is 10.7. The van der Waals surface area contributed by atoms with Gasteiger partial charge in [0.15, 0.2) is 0 Å². The summed E-state index contributed by atoms with van der Waals surface area (Å²) < 4.78 is 1.45. The van der Waals surface area contributed by atoms with Crippen LogP contribution in [0.4, 0.5) is 5.69 Å². The van der Waals surface area contributed by atoms with Crippen molar-refractivity contribution in [2.24, 2.45) is 0 Å². The first-order valence-electron chi connectivity index (χ1n) is 8.37. The van der Waals surface area contributed by atoms with Gasteiger partial charge in [0.1, 0.15) is 5.56 Å². The zero-order valence-electron chi connectivity index (χ0n) is 14.9. The van der Waals surface area contributed by atoms with E-state index in [4.69, 9.17) is 23.2 Å². The van der Waals surface area contributed by atoms with Crippen LogP contribution in [0.1, 0.15) is 27.0 Å². The number of amides is 1. The molecule has 0 radical (unpaired) electrons. The molecule has 27 heavy (non-hydrogen) atoms. The van der Waals surface area contributed by atoms with Crippen LogP contribution in [-0.4, -0.2) is 10.5 Å². The fourth-order valence-corrected chi connectivity index (χ4v) is 3.28. The van der Waals surface area contributed by atoms with Gasteiger partial charge in [0.25, 0.3) is 11.5 Å². The lowest BCUT2D eigenvalue weighted by atomic mass is 10.1. The number of anilines is 1. The van der Waals surface area contributed by atoms with Crippen LogP contribution in [0.15, 0.2) is 59.5 Å². The molecule has 138 valence electrons. The Balaban J connectivity index is 1.88. The summed E-state index contributed by atoms with van der Waals surface area (Å²) in [6, 6.07) is 14.0. The van der Waals surface area contributed by atoms with Gasteiger partial charge in [-0.2, -0.15) is 0 Å². The molecule has 0 spiro atoms. The fraction of sp³-hybridized carbons (Fsp3) is 0.143. The minimum Gasteiger partial charge on any atom is -0.322 e. The third-order valence-corrected chi connectivity index (χ3v) is 4.84. The molecule has 0 aliphatic heterocycles. The van der Waals surface area contributed by atoms with Crippen LogP contribution in [0.3, 0.4) is 0 Å². The van der Waals surface area contributed by atoms with Crippen LogP contribution in [0, 0.1) is 13.8 Å². The molecule has 0 atom stereocenters. The summed E-state index contributed by atoms with van der Waals surface area (Å²) in [5.74, 6) is -0.441. The number of nitrogens with zero attached hydrogens (tertiary/aromatic N) is 1. The van der Waals surface area contributed by atoms with Crippen LogP contribution in [-0.2, 0) is 6.54 Å². The molecule has 0 bridgehead atoms. The Morgan fingerprint density at radius 1 is 1.07 bits per heavy atom. The van der Waals surface area contributed by atoms with Gasteiger partial charge in [-0.3, -0.25) is 9.59 Å². The summed E-state index contributed by atoms with van der Waals surface area (Å²) in [6.45, 7) is 4.14. The van der Waals surface area contributed by atoms with Crippen molar-refractivity contribution in [1.29, 1.82) is 0 Å². The second-order valence-corrected chi connectivity index (χ2v) is 7.21. The van der Waals surface area contributed by atoms with Crippen molar-refractivity contribution in [1.82, 2.24) is 4.57 Å². The molecule has 0 fully saturated rings. The number of nitrogens with one attached hydrogen (secondary N) is 1. The molecule has 3 aromatic rings. The lowest BCUT2D eigenvalue weighted by Gasteiger charge is -2.11. The number of hydrogen-bond acceptors (Lipinski definition) is 2. The SMILES string of the molecule is Cc1ccc(NC(=O)c2cccn(Cc3ccc(Cl)cc3Cl)c2=O)c(C)c1. The van der Waals surface area contributed by atoms with Gasteiger partial charge in [-0.15, -0.1) is 0 Å². The maximum absolute atomic E-state index is 12.8. The summed E-state index contributed by atoms with van der Waals surface area (Å²) in [5.41, 5.74) is 3.16. The molecule has 2 aromatic carbocycles. The first-order chi connectivity index (χ1) is 12.8. The number of aromatic nitrogens is 1. The molecule has 1 amide bonds. The number of carbonyl (C=O) groups excluding carboxylic acids is 1. The lowest BCUT2D eigenvalue weighted by Crippen LogP contribution is -2.29. The molecule has 0 unspecified atom stereocenters. The smallest absolute Gasteiger partial charge is 0.263 e. The maximum atomic E-state index is 12.8. The van der Waals surface area contributed by atoms with Gasteiger partial charge in [-0.05, 0) is 55.3 Å². The topological polar surface area (TPSA) is 51.1 Å². The summed E-state index contributed by atoms with van der Waals surface area (Å²) >= 11 is 12.1. The minimum absolute atomic E-state index is 0.0718. The number of hydrogen-bond donors (Lipinski definition) is 1. The highest BCUT2D eigenvalue weighted by Crippen LogP contribution is 2.21. The van der Waals surface area contributed by atoms with E-state index in [-0.39, 0.29) is 17.7 Å². The van der Waals surface area contributed by atoms with Gasteiger partial charge in [0.05, 0.1) is 6.54 Å². The van der Waals surface area contributed by atoms with Gasteiger partial charge in [0.2, 0.25) is 0 Å². The molecule has 0 saturated heterocycles. The summed E-state index contributed by atoms with van der Waals surface area (Å²) in [4.78, 5) is 25.4. The average Bonchev–Trinajstić information content (AvgIpc) is 2.61. The van der Waals surface area contributed by atoms with E-state index in [9.17, 15) is 9.59 Å². The minimum atomic E-state index is -0.441. The van der Waals surface area contributed by atoms with Gasteiger partial charge in [0, 0.05) is 21.9 Å². The second kappa shape index (κ2) is 7.99. The number of halogens is 2. The van der Waals surface area contributed by atoms with Crippen molar-refractivity contribution in [2.45, 2.75) is 20.4 Å². The summed E-state index contributed by atoms with van der Waals surface area (Å²) in [5, 5.41) is 3.81. The third kappa shape index (κ3) is 4.41. The second-order valence-electron chi connectivity index (χ2n) is 6.36. The van der Waals surface area contributed by atoms with Crippen LogP contribution in [0.25, 0.3) is 0 Å². The first-order valence-corrected chi connectivity index (χ1v) is 9.13. The Labute approximate surface area is 167 Å². The van der Waals surface area contributed by atoms with E-state index in [1.165, 1.54) is 10.6 Å². The molecule has 3 rings (SSSR count). The van der Waals surface area contributed by atoms with Crippen molar-refractivity contribution in [3.05, 3.63) is 97.4 Å². The highest BCUT2D eigenvalue weighted by molar-refractivity contribution is 6.35. The molecule has 1 heterocycles. The monoisotopic (exact) mass is 400 g/mol. The van der Waals surface area contributed by atoms with E-state index in [0.717, 1.165) is 16.7 Å². The van der Waals surface area contributed by atoms with Crippen molar-refractivity contribution in [2.75, 3.05) is 5.32 Å². The Kier molecular flexibility index (Phi) is 5.68. The molecule has 1 aromatic heterocycles. The third-order valence-electron chi connectivity index (χ3n) is 4.25. The van der Waals surface area contributed by atoms with Gasteiger partial charge < -0.3 is 9.88 Å². The Morgan fingerprint density at radius 2 is 1.85 bits per heavy atom. The standard InChI is InChI=1S/C21H18Cl2N2O2/c1-13-5-8-19(14(2)10-13)24-20(26)17-4-3-9-25(21(17)27)12-15-6-7-16(22)11-18(15)23/h3-11H,12H2,1-2H3,(H,24,26). The van der Waals surface area contributed by atoms with Crippen molar-refractivity contribution in [3.63, 3.8) is 0 Å². The maximum Gasteiger partial charge on any atom is 0.263 e. The Hall–Kier alpha value is -2.56. The number of aryl methyl sites for hydroxylation is 2. The van der Waals surface area contributed by atoms with Gasteiger partial charge in [-0.25, -0.2) is 0 Å². The highest BCUT2D eigenvalue weighted by Gasteiger charge is 2.14. The number of rotatable bonds is 4. The van der Waals surface area contributed by atoms with E-state index in [1.54, 1.807) is 30.5 Å². The number of pyridine rings is 1. The van der Waals surface area contributed by atoms with Crippen molar-refractivity contribution >= 4 is 34.8 Å². The van der Waals surface area contributed by atoms with Crippen LogP contribution < -0.4 is 10.9 Å². The molecular weight excluding hydrogens is 383 g/mol. The van der Waals surface area contributed by atoms with Crippen LogP contribution in [0.2, 0.25) is 10.0 Å². The molecule has 6 heteroatoms. The molecule has 0 aliphatic rings. The molecule has 0 aliphatic carbocycles. The summed E-state index contributed by atoms with van der Waals surface area (Å²) in [7, 11) is 0. The number of carbonyl (C=O) groups is 1. The first kappa shape index (κ1) is 19.2. The fourth-order valence-electron chi connectivity index (χ4n) is 2.81. The van der Waals surface area contributed by atoms with Gasteiger partial charge >= 0.3 is 0 Å². The predicted molar refractivity (Wildman–Crippen MR) is 110 cm³/mol. The molecule has 1 N–H and O–H groups in total. The molecular formula is C21H18Cl2N2O2. The lowest BCUT2D eigenvalue weighted by molar-refractivity contribution is 0.102. The molecule has 0 saturated carbocycles.